The Kier molecular flexibility index (Phi) is 77.1. The summed E-state index contributed by atoms with van der Waals surface area (Å²) in [5, 5.41) is 13.9. The predicted molar refractivity (Wildman–Crippen MR) is 184 cm³/mol. The molecule has 10 nitrogen and oxygen atoms in total. The first-order valence-corrected chi connectivity index (χ1v) is 14.4. The average molecular weight is 626 g/mol. The number of nitrogens with one attached hydrogen (secondary N) is 2. The Bertz CT molecular complexity index is 623. The average Bonchev–Trinajstić information content (AvgIpc) is 2.92. The molecule has 0 aliphatic rings. The number of likely N-dealkylation sites (N-methyl/N-ethyl adjacent to an activating group) is 1. The summed E-state index contributed by atoms with van der Waals surface area (Å²) in [7, 11) is 8.59. The van der Waals surface area contributed by atoms with Crippen LogP contribution >= 0.6 is 12.6 Å². The van der Waals surface area contributed by atoms with E-state index in [1.165, 1.54) is 20.9 Å². The highest BCUT2D eigenvalue weighted by Gasteiger charge is 2.20. The fraction of sp³-hybridized carbons (Fsp3) is 0.677. The van der Waals surface area contributed by atoms with Gasteiger partial charge in [0.05, 0.1) is 19.3 Å². The van der Waals surface area contributed by atoms with Crippen molar-refractivity contribution >= 4 is 36.8 Å². The number of allylic oxidation sites excluding steroid dienone is 4. The minimum absolute atomic E-state index is 0.129. The van der Waals surface area contributed by atoms with Crippen LogP contribution in [0.15, 0.2) is 35.8 Å². The van der Waals surface area contributed by atoms with Crippen LogP contribution in [0, 0.1) is 5.92 Å². The molecule has 0 aromatic carbocycles. The van der Waals surface area contributed by atoms with Gasteiger partial charge in [-0.2, -0.15) is 0 Å². The SMILES string of the molecule is C=C/C=C(CCC)/C(OC)=C(/OC(C)=O)C(C)CC.CC.CC(C)(C)O.CC=O.CN.CNC.CNCC=O.O=CS. The topological polar surface area (TPSA) is 157 Å². The van der Waals surface area contributed by atoms with Crippen LogP contribution in [0.3, 0.4) is 0 Å². The number of aliphatic hydroxyl groups is 1. The molecule has 0 heterocycles. The molecule has 0 fully saturated rings. The third kappa shape index (κ3) is 76.9. The fourth-order valence-electron chi connectivity index (χ4n) is 1.87. The van der Waals surface area contributed by atoms with Crippen LogP contribution in [-0.2, 0) is 28.7 Å². The number of hydrogen-bond donors (Lipinski definition) is 5. The van der Waals surface area contributed by atoms with Gasteiger partial charge in [-0.25, -0.2) is 0 Å². The van der Waals surface area contributed by atoms with Gasteiger partial charge in [-0.15, -0.1) is 12.6 Å². The largest absolute Gasteiger partial charge is 0.493 e. The maximum absolute atomic E-state index is 11.3. The van der Waals surface area contributed by atoms with E-state index in [2.05, 4.69) is 49.4 Å². The number of nitrogens with two attached hydrogens (primary N) is 1. The van der Waals surface area contributed by atoms with Crippen LogP contribution in [0.25, 0.3) is 0 Å². The van der Waals surface area contributed by atoms with Crippen LogP contribution in [-0.4, -0.2) is 76.7 Å². The molecule has 0 saturated heterocycles. The Morgan fingerprint density at radius 3 is 1.62 bits per heavy atom. The standard InChI is InChI=1S/C16H26O3.C4H10O.C3H7NO.C2H7N.C2H4O.C2H6.CH5N.CH2OS/c1-7-10-14(11-8-2)16(18-6)15(12(4)9-3)19-13(5)17;1-4(2,3)5;1-4-2-3-5;1-3-2;1-2-3;2*1-2;2-1-3/h7,10,12H,1,8-9,11H2,2-6H3;5H,1-3H3;3-4H,2H2,1H3;3H,1-2H3;2H,1H3;1-2H3;2H2,1H3;1H,(H,2,3)/b14-10+,16-15-;;;;;;;. The molecular weight excluding hydrogens is 558 g/mol. The molecular formula is C31H67N3O7S. The molecule has 0 aliphatic heterocycles. The Hall–Kier alpha value is -2.31. The summed E-state index contributed by atoms with van der Waals surface area (Å²) in [4.78, 5) is 38.1. The molecule has 5 N–H and O–H groups in total. The van der Waals surface area contributed by atoms with Gasteiger partial charge in [0.25, 0.3) is 0 Å². The summed E-state index contributed by atoms with van der Waals surface area (Å²) in [5.74, 6) is 1.08. The summed E-state index contributed by atoms with van der Waals surface area (Å²) in [6.45, 7) is 22.4. The van der Waals surface area contributed by atoms with Crippen molar-refractivity contribution in [1.82, 2.24) is 10.6 Å². The zero-order valence-corrected chi connectivity index (χ0v) is 30.3. The van der Waals surface area contributed by atoms with E-state index in [4.69, 9.17) is 24.2 Å². The second kappa shape index (κ2) is 54.7. The van der Waals surface area contributed by atoms with Crippen molar-refractivity contribution in [3.63, 3.8) is 0 Å². The third-order valence-corrected chi connectivity index (χ3v) is 3.16. The number of ether oxygens (including phenoxy) is 2. The van der Waals surface area contributed by atoms with Crippen molar-refractivity contribution in [2.24, 2.45) is 11.7 Å². The van der Waals surface area contributed by atoms with Gasteiger partial charge < -0.3 is 40.5 Å². The van der Waals surface area contributed by atoms with Gasteiger partial charge >= 0.3 is 5.97 Å². The highest BCUT2D eigenvalue weighted by molar-refractivity contribution is 7.94. The summed E-state index contributed by atoms with van der Waals surface area (Å²) in [6, 6.07) is 0. The molecule has 0 saturated carbocycles. The first-order valence-electron chi connectivity index (χ1n) is 13.9. The van der Waals surface area contributed by atoms with Crippen molar-refractivity contribution in [2.45, 2.75) is 94.1 Å². The van der Waals surface area contributed by atoms with Crippen molar-refractivity contribution < 1.29 is 33.8 Å². The molecule has 0 aliphatic carbocycles. The van der Waals surface area contributed by atoms with E-state index in [1.807, 2.05) is 40.9 Å². The second-order valence-electron chi connectivity index (χ2n) is 8.21. The lowest BCUT2D eigenvalue weighted by molar-refractivity contribution is -0.138. The van der Waals surface area contributed by atoms with Gasteiger partial charge in [-0.3, -0.25) is 9.59 Å². The molecule has 0 spiro atoms. The lowest BCUT2D eigenvalue weighted by Crippen LogP contribution is -2.12. The number of hydrogen-bond acceptors (Lipinski definition) is 10. The van der Waals surface area contributed by atoms with E-state index < -0.39 is 5.60 Å². The minimum atomic E-state index is -0.500. The first kappa shape index (κ1) is 59.2. The Morgan fingerprint density at radius 2 is 1.45 bits per heavy atom. The fourth-order valence-corrected chi connectivity index (χ4v) is 1.87. The molecule has 0 bridgehead atoms. The molecule has 0 radical (unpaired) electrons. The number of carbonyl (C=O) groups excluding carboxylic acids is 4. The smallest absolute Gasteiger partial charge is 0.307 e. The van der Waals surface area contributed by atoms with Crippen molar-refractivity contribution in [3.8, 4) is 0 Å². The van der Waals surface area contributed by atoms with Gasteiger partial charge in [0, 0.05) is 12.8 Å². The third-order valence-electron chi connectivity index (χ3n) is 3.16. The molecule has 0 amide bonds. The van der Waals surface area contributed by atoms with Crippen molar-refractivity contribution in [1.29, 1.82) is 0 Å². The monoisotopic (exact) mass is 625 g/mol. The Labute approximate surface area is 264 Å². The number of aldehydes is 2. The Morgan fingerprint density at radius 1 is 1.10 bits per heavy atom. The molecule has 1 atom stereocenters. The second-order valence-corrected chi connectivity index (χ2v) is 8.43. The van der Waals surface area contributed by atoms with E-state index in [-0.39, 0.29) is 11.9 Å². The van der Waals surface area contributed by atoms with Crippen molar-refractivity contribution in [2.75, 3.05) is 41.8 Å². The van der Waals surface area contributed by atoms with Gasteiger partial charge in [-0.1, -0.05) is 59.8 Å². The van der Waals surface area contributed by atoms with Gasteiger partial charge in [-0.05, 0) is 74.3 Å². The number of carbonyl (C=O) groups is 4. The minimum Gasteiger partial charge on any atom is -0.493 e. The molecule has 11 heteroatoms. The van der Waals surface area contributed by atoms with Gasteiger partial charge in [0.1, 0.15) is 12.6 Å². The van der Waals surface area contributed by atoms with Crippen LogP contribution in [0.5, 0.6) is 0 Å². The predicted octanol–water partition coefficient (Wildman–Crippen LogP) is 5.30. The molecule has 0 aromatic heterocycles. The highest BCUT2D eigenvalue weighted by atomic mass is 32.1. The van der Waals surface area contributed by atoms with Crippen LogP contribution < -0.4 is 16.4 Å². The molecule has 0 aromatic rings. The number of thiol groups is 1. The lowest BCUT2D eigenvalue weighted by atomic mass is 10.00. The number of esters is 1. The first-order chi connectivity index (χ1) is 19.7. The zero-order chi connectivity index (χ0) is 35.6. The van der Waals surface area contributed by atoms with Crippen LogP contribution in [0.4, 0.5) is 0 Å². The van der Waals surface area contributed by atoms with E-state index >= 15 is 0 Å². The molecule has 42 heavy (non-hydrogen) atoms. The van der Waals surface area contributed by atoms with Crippen molar-refractivity contribution in [3.05, 3.63) is 35.8 Å². The Balaban J connectivity index is -0.0000000682. The van der Waals surface area contributed by atoms with E-state index in [0.29, 0.717) is 23.7 Å². The van der Waals surface area contributed by atoms with E-state index in [0.717, 1.165) is 37.4 Å². The number of methoxy groups -OCH3 is 1. The molecule has 0 rings (SSSR count). The van der Waals surface area contributed by atoms with Gasteiger partial charge in [0.15, 0.2) is 17.1 Å². The summed E-state index contributed by atoms with van der Waals surface area (Å²) >= 11 is 3.11. The van der Waals surface area contributed by atoms with E-state index in [1.54, 1.807) is 41.0 Å². The molecule has 1 unspecified atom stereocenters. The summed E-state index contributed by atoms with van der Waals surface area (Å²) in [5.41, 5.74) is 5.46. The maximum atomic E-state index is 11.3. The van der Waals surface area contributed by atoms with Gasteiger partial charge in [0.2, 0.25) is 0 Å². The normalized spacial score (nSPS) is 10.2. The zero-order valence-electron chi connectivity index (χ0n) is 29.4. The van der Waals surface area contributed by atoms with Crippen LogP contribution in [0.1, 0.15) is 88.5 Å². The van der Waals surface area contributed by atoms with E-state index in [9.17, 15) is 9.59 Å². The molecule has 254 valence electrons. The quantitative estimate of drug-likeness (QED) is 0.0710. The maximum Gasteiger partial charge on any atom is 0.307 e. The van der Waals surface area contributed by atoms with Crippen LogP contribution in [0.2, 0.25) is 0 Å². The lowest BCUT2D eigenvalue weighted by Gasteiger charge is -2.19. The summed E-state index contributed by atoms with van der Waals surface area (Å²) < 4.78 is 10.9. The highest BCUT2D eigenvalue weighted by Crippen LogP contribution is 2.27. The summed E-state index contributed by atoms with van der Waals surface area (Å²) in [6.07, 6.45) is 7.93. The number of rotatable bonds is 10.